The van der Waals surface area contributed by atoms with Crippen LogP contribution in [-0.2, 0) is 16.1 Å². The fraction of sp³-hybridized carbons (Fsp3) is 0.217. The molecule has 0 saturated carbocycles. The van der Waals surface area contributed by atoms with Crippen molar-refractivity contribution in [2.45, 2.75) is 19.9 Å². The van der Waals surface area contributed by atoms with Crippen molar-refractivity contribution in [1.29, 1.82) is 0 Å². The van der Waals surface area contributed by atoms with E-state index in [0.29, 0.717) is 35.3 Å². The molecule has 4 aromatic rings. The Morgan fingerprint density at radius 1 is 1.15 bits per heavy atom. The minimum atomic E-state index is -0.615. The molecule has 0 spiro atoms. The molecule has 0 aliphatic carbocycles. The molecule has 0 amide bonds. The van der Waals surface area contributed by atoms with Crippen LogP contribution in [0.5, 0.6) is 5.75 Å². The number of carbonyl (C=O) groups is 1. The van der Waals surface area contributed by atoms with Crippen molar-refractivity contribution in [3.05, 3.63) is 59.6 Å². The zero-order chi connectivity index (χ0) is 24.1. The van der Waals surface area contributed by atoms with Gasteiger partial charge in [-0.1, -0.05) is 11.6 Å². The van der Waals surface area contributed by atoms with Gasteiger partial charge >= 0.3 is 5.97 Å². The lowest BCUT2D eigenvalue weighted by molar-refractivity contribution is -0.143. The summed E-state index contributed by atoms with van der Waals surface area (Å²) in [5.41, 5.74) is 2.11. The number of methoxy groups -OCH3 is 1. The van der Waals surface area contributed by atoms with E-state index in [9.17, 15) is 9.18 Å². The van der Waals surface area contributed by atoms with Crippen LogP contribution in [0.15, 0.2) is 48.8 Å². The van der Waals surface area contributed by atoms with E-state index >= 15 is 0 Å². The second kappa shape index (κ2) is 10.3. The molecule has 0 fully saturated rings. The van der Waals surface area contributed by atoms with Gasteiger partial charge in [-0.15, -0.1) is 0 Å². The largest absolute Gasteiger partial charge is 0.495 e. The van der Waals surface area contributed by atoms with E-state index in [1.807, 2.05) is 18.2 Å². The second-order valence-corrected chi connectivity index (χ2v) is 7.59. The van der Waals surface area contributed by atoms with E-state index in [1.54, 1.807) is 36.0 Å². The Bertz CT molecular complexity index is 1330. The molecule has 2 heterocycles. The quantitative estimate of drug-likeness (QED) is 0.317. The van der Waals surface area contributed by atoms with E-state index in [2.05, 4.69) is 25.7 Å². The van der Waals surface area contributed by atoms with Crippen molar-refractivity contribution in [3.63, 3.8) is 0 Å². The normalized spacial score (nSPS) is 10.8. The van der Waals surface area contributed by atoms with Gasteiger partial charge in [-0.2, -0.15) is 10.1 Å². The highest BCUT2D eigenvalue weighted by Crippen LogP contribution is 2.29. The van der Waals surface area contributed by atoms with Gasteiger partial charge in [-0.05, 0) is 43.3 Å². The van der Waals surface area contributed by atoms with Crippen LogP contribution in [0.4, 0.5) is 27.5 Å². The second-order valence-electron chi connectivity index (χ2n) is 7.19. The molecule has 4 rings (SSSR count). The third-order valence-corrected chi connectivity index (χ3v) is 5.19. The maximum atomic E-state index is 14.3. The number of rotatable bonds is 9. The lowest BCUT2D eigenvalue weighted by atomic mass is 10.2. The van der Waals surface area contributed by atoms with E-state index in [0.717, 1.165) is 17.1 Å². The number of aromatic nitrogens is 4. The van der Waals surface area contributed by atoms with Crippen molar-refractivity contribution in [3.8, 4) is 5.75 Å². The molecule has 0 aliphatic heterocycles. The number of carbonyl (C=O) groups excluding carboxylic acids is 1. The maximum Gasteiger partial charge on any atom is 0.307 e. The van der Waals surface area contributed by atoms with Crippen LogP contribution in [-0.4, -0.2) is 39.4 Å². The highest BCUT2D eigenvalue weighted by atomic mass is 35.5. The highest BCUT2D eigenvalue weighted by Gasteiger charge is 2.11. The van der Waals surface area contributed by atoms with Gasteiger partial charge in [0.1, 0.15) is 5.75 Å². The number of nitrogens with zero attached hydrogens (tertiary/aromatic N) is 4. The number of aryl methyl sites for hydroxylation is 1. The van der Waals surface area contributed by atoms with Gasteiger partial charge in [-0.3, -0.25) is 9.48 Å². The van der Waals surface area contributed by atoms with Gasteiger partial charge in [-0.25, -0.2) is 9.37 Å². The van der Waals surface area contributed by atoms with E-state index in [4.69, 9.17) is 21.1 Å². The van der Waals surface area contributed by atoms with Crippen LogP contribution >= 0.6 is 11.6 Å². The van der Waals surface area contributed by atoms with Gasteiger partial charge in [0, 0.05) is 16.8 Å². The number of halogens is 2. The summed E-state index contributed by atoms with van der Waals surface area (Å²) in [5, 5.41) is 11.6. The Labute approximate surface area is 199 Å². The topological polar surface area (TPSA) is 103 Å². The Morgan fingerprint density at radius 3 is 2.71 bits per heavy atom. The molecule has 0 saturated heterocycles. The van der Waals surface area contributed by atoms with Crippen LogP contribution in [0, 0.1) is 5.82 Å². The number of benzene rings is 2. The first-order valence-corrected chi connectivity index (χ1v) is 10.9. The van der Waals surface area contributed by atoms with E-state index < -0.39 is 5.82 Å². The highest BCUT2D eigenvalue weighted by molar-refractivity contribution is 6.32. The van der Waals surface area contributed by atoms with Gasteiger partial charge in [0.05, 0.1) is 49.6 Å². The Morgan fingerprint density at radius 2 is 1.94 bits per heavy atom. The molecule has 0 aliphatic rings. The predicted octanol–water partition coefficient (Wildman–Crippen LogP) is 5.07. The standard InChI is InChI=1S/C23H22ClFN6O3/c1-3-34-21(32)8-9-31-19-6-4-15(10-14(19)12-27-31)29-23-26-13-18(25)22(30-23)28-16-5-7-20(33-2)17(24)11-16/h4-7,10-13H,3,8-9H2,1-2H3,(H2,26,28,29,30). The number of fused-ring (bicyclic) bond motifs is 1. The number of esters is 1. The van der Waals surface area contributed by atoms with Crippen LogP contribution in [0.2, 0.25) is 5.02 Å². The number of anilines is 4. The number of nitrogens with one attached hydrogen (secondary N) is 2. The summed E-state index contributed by atoms with van der Waals surface area (Å²) in [6.07, 6.45) is 3.02. The average molecular weight is 485 g/mol. The summed E-state index contributed by atoms with van der Waals surface area (Å²) in [4.78, 5) is 19.9. The van der Waals surface area contributed by atoms with Gasteiger partial charge in [0.25, 0.3) is 0 Å². The Balaban J connectivity index is 1.48. The third-order valence-electron chi connectivity index (χ3n) is 4.89. The van der Waals surface area contributed by atoms with Crippen molar-refractivity contribution in [1.82, 2.24) is 19.7 Å². The molecular weight excluding hydrogens is 463 g/mol. The van der Waals surface area contributed by atoms with E-state index in [-0.39, 0.29) is 24.2 Å². The smallest absolute Gasteiger partial charge is 0.307 e. The zero-order valence-corrected chi connectivity index (χ0v) is 19.3. The first kappa shape index (κ1) is 23.2. The van der Waals surface area contributed by atoms with Gasteiger partial charge in [0.15, 0.2) is 11.6 Å². The van der Waals surface area contributed by atoms with Crippen molar-refractivity contribution in [2.24, 2.45) is 0 Å². The lowest BCUT2D eigenvalue weighted by Gasteiger charge is -2.11. The lowest BCUT2D eigenvalue weighted by Crippen LogP contribution is -2.09. The summed E-state index contributed by atoms with van der Waals surface area (Å²) in [5.74, 6) is -0.170. The van der Waals surface area contributed by atoms with Crippen molar-refractivity contribution in [2.75, 3.05) is 24.4 Å². The molecular formula is C23H22ClFN6O3. The molecule has 0 bridgehead atoms. The SMILES string of the molecule is CCOC(=O)CCn1ncc2cc(Nc3ncc(F)c(Nc4ccc(OC)c(Cl)c4)n3)ccc21. The van der Waals surface area contributed by atoms with Crippen molar-refractivity contribution < 1.29 is 18.7 Å². The Hall–Kier alpha value is -3.92. The number of ether oxygens (including phenoxy) is 2. The molecule has 34 heavy (non-hydrogen) atoms. The molecule has 0 atom stereocenters. The minimum absolute atomic E-state index is 0.00778. The number of hydrogen-bond donors (Lipinski definition) is 2. The van der Waals surface area contributed by atoms with Gasteiger partial charge < -0.3 is 20.1 Å². The summed E-state index contributed by atoms with van der Waals surface area (Å²) >= 11 is 6.14. The monoisotopic (exact) mass is 484 g/mol. The molecule has 2 aromatic heterocycles. The molecule has 11 heteroatoms. The molecule has 9 nitrogen and oxygen atoms in total. The third kappa shape index (κ3) is 5.34. The van der Waals surface area contributed by atoms with Crippen LogP contribution in [0.3, 0.4) is 0 Å². The number of hydrogen-bond acceptors (Lipinski definition) is 8. The summed E-state index contributed by atoms with van der Waals surface area (Å²) < 4.78 is 26.1. The van der Waals surface area contributed by atoms with Crippen LogP contribution in [0.1, 0.15) is 13.3 Å². The van der Waals surface area contributed by atoms with Crippen LogP contribution < -0.4 is 15.4 Å². The summed E-state index contributed by atoms with van der Waals surface area (Å²) in [6, 6.07) is 10.6. The molecule has 0 radical (unpaired) electrons. The zero-order valence-electron chi connectivity index (χ0n) is 18.5. The minimum Gasteiger partial charge on any atom is -0.495 e. The fourth-order valence-corrected chi connectivity index (χ4v) is 3.56. The maximum absolute atomic E-state index is 14.3. The first-order chi connectivity index (χ1) is 16.5. The fourth-order valence-electron chi connectivity index (χ4n) is 3.30. The Kier molecular flexibility index (Phi) is 7.07. The van der Waals surface area contributed by atoms with Gasteiger partial charge in [0.2, 0.25) is 5.95 Å². The molecule has 2 aromatic carbocycles. The molecule has 176 valence electrons. The molecule has 2 N–H and O–H groups in total. The van der Waals surface area contributed by atoms with Crippen molar-refractivity contribution >= 4 is 51.6 Å². The predicted molar refractivity (Wildman–Crippen MR) is 128 cm³/mol. The molecule has 0 unspecified atom stereocenters. The van der Waals surface area contributed by atoms with Crippen LogP contribution in [0.25, 0.3) is 10.9 Å². The summed E-state index contributed by atoms with van der Waals surface area (Å²) in [6.45, 7) is 2.54. The average Bonchev–Trinajstić information content (AvgIpc) is 3.22. The summed E-state index contributed by atoms with van der Waals surface area (Å²) in [7, 11) is 1.52. The first-order valence-electron chi connectivity index (χ1n) is 10.5. The van der Waals surface area contributed by atoms with E-state index in [1.165, 1.54) is 7.11 Å².